The van der Waals surface area contributed by atoms with Crippen molar-refractivity contribution in [2.75, 3.05) is 36.9 Å². The predicted molar refractivity (Wildman–Crippen MR) is 129 cm³/mol. The Hall–Kier alpha value is -3.22. The van der Waals surface area contributed by atoms with E-state index in [9.17, 15) is 10.2 Å². The van der Waals surface area contributed by atoms with Gasteiger partial charge in [-0.25, -0.2) is 0 Å². The molecule has 4 N–H and O–H groups in total. The fourth-order valence-corrected chi connectivity index (χ4v) is 2.95. The summed E-state index contributed by atoms with van der Waals surface area (Å²) in [5.74, 6) is 1.29. The molecule has 0 fully saturated rings. The molecule has 0 heterocycles. The summed E-state index contributed by atoms with van der Waals surface area (Å²) in [6.07, 6.45) is -1.27. The lowest BCUT2D eigenvalue weighted by atomic mass is 10.2. The molecule has 0 amide bonds. The lowest BCUT2D eigenvalue weighted by molar-refractivity contribution is 0.115. The molecule has 6 nitrogen and oxygen atoms in total. The number of benzene rings is 3. The number of anilines is 2. The van der Waals surface area contributed by atoms with E-state index >= 15 is 0 Å². The summed E-state index contributed by atoms with van der Waals surface area (Å²) < 4.78 is 11.3. The summed E-state index contributed by atoms with van der Waals surface area (Å²) in [6.45, 7) is 5.24. The third-order valence-corrected chi connectivity index (χ3v) is 4.90. The second-order valence-electron chi connectivity index (χ2n) is 7.89. The third kappa shape index (κ3) is 8.13. The van der Waals surface area contributed by atoms with Crippen LogP contribution in [0.5, 0.6) is 11.5 Å². The molecule has 3 rings (SSSR count). The average molecular weight is 437 g/mol. The first-order chi connectivity index (χ1) is 15.5. The SMILES string of the molecule is Cc1ccc(NCC(O)COc2ccc(OCC(O)CNc3ccc(C)cc3)cc2)cc1. The van der Waals surface area contributed by atoms with Gasteiger partial charge in [0.05, 0.1) is 0 Å². The summed E-state index contributed by atoms with van der Waals surface area (Å²) in [5, 5.41) is 26.6. The van der Waals surface area contributed by atoms with Crippen molar-refractivity contribution in [2.24, 2.45) is 0 Å². The van der Waals surface area contributed by atoms with Gasteiger partial charge < -0.3 is 30.3 Å². The Bertz CT molecular complexity index is 849. The second-order valence-corrected chi connectivity index (χ2v) is 7.89. The maximum atomic E-state index is 10.1. The van der Waals surface area contributed by atoms with Crippen LogP contribution in [-0.4, -0.2) is 48.7 Å². The Kier molecular flexibility index (Phi) is 8.78. The Morgan fingerprint density at radius 3 is 1.28 bits per heavy atom. The van der Waals surface area contributed by atoms with E-state index in [0.29, 0.717) is 24.6 Å². The first-order valence-electron chi connectivity index (χ1n) is 10.8. The summed E-state index contributed by atoms with van der Waals surface area (Å²) in [5.41, 5.74) is 4.32. The van der Waals surface area contributed by atoms with E-state index in [-0.39, 0.29) is 13.2 Å². The van der Waals surface area contributed by atoms with Crippen LogP contribution in [0, 0.1) is 13.8 Å². The normalized spacial score (nSPS) is 12.6. The van der Waals surface area contributed by atoms with Crippen LogP contribution in [-0.2, 0) is 0 Å². The van der Waals surface area contributed by atoms with E-state index in [4.69, 9.17) is 9.47 Å². The summed E-state index contributed by atoms with van der Waals surface area (Å²) >= 11 is 0. The van der Waals surface area contributed by atoms with Crippen molar-refractivity contribution in [1.82, 2.24) is 0 Å². The maximum Gasteiger partial charge on any atom is 0.119 e. The van der Waals surface area contributed by atoms with Crippen LogP contribution in [0.15, 0.2) is 72.8 Å². The molecule has 2 unspecified atom stereocenters. The van der Waals surface area contributed by atoms with E-state index < -0.39 is 12.2 Å². The molecule has 0 aliphatic heterocycles. The number of nitrogens with one attached hydrogen (secondary N) is 2. The lowest BCUT2D eigenvalue weighted by Crippen LogP contribution is -2.26. The van der Waals surface area contributed by atoms with Crippen molar-refractivity contribution in [2.45, 2.75) is 26.1 Å². The largest absolute Gasteiger partial charge is 0.491 e. The zero-order chi connectivity index (χ0) is 22.8. The maximum absolute atomic E-state index is 10.1. The molecule has 0 radical (unpaired) electrons. The molecule has 3 aromatic carbocycles. The highest BCUT2D eigenvalue weighted by atomic mass is 16.5. The van der Waals surface area contributed by atoms with E-state index in [0.717, 1.165) is 11.4 Å². The topological polar surface area (TPSA) is 83.0 Å². The fourth-order valence-electron chi connectivity index (χ4n) is 2.95. The number of aliphatic hydroxyl groups excluding tert-OH is 2. The minimum Gasteiger partial charge on any atom is -0.491 e. The van der Waals surface area contributed by atoms with Gasteiger partial charge >= 0.3 is 0 Å². The number of hydrogen-bond acceptors (Lipinski definition) is 6. The number of rotatable bonds is 12. The van der Waals surface area contributed by atoms with Crippen LogP contribution in [0.1, 0.15) is 11.1 Å². The van der Waals surface area contributed by atoms with Gasteiger partial charge in [0.2, 0.25) is 0 Å². The van der Waals surface area contributed by atoms with E-state index in [1.54, 1.807) is 24.3 Å². The van der Waals surface area contributed by atoms with Gasteiger partial charge in [-0.1, -0.05) is 35.4 Å². The van der Waals surface area contributed by atoms with E-state index in [1.165, 1.54) is 11.1 Å². The molecular weight excluding hydrogens is 404 g/mol. The fraction of sp³-hybridized carbons (Fsp3) is 0.308. The predicted octanol–water partition coefficient (Wildman–Crippen LogP) is 4.01. The molecule has 0 aliphatic carbocycles. The molecule has 6 heteroatoms. The molecular formula is C26H32N2O4. The summed E-state index contributed by atoms with van der Waals surface area (Å²) in [7, 11) is 0. The Labute approximate surface area is 189 Å². The van der Waals surface area contributed by atoms with Crippen LogP contribution in [0.2, 0.25) is 0 Å². The lowest BCUT2D eigenvalue weighted by Gasteiger charge is -2.15. The molecule has 0 aromatic heterocycles. The molecule has 0 spiro atoms. The highest BCUT2D eigenvalue weighted by Crippen LogP contribution is 2.18. The van der Waals surface area contributed by atoms with Gasteiger partial charge in [0.25, 0.3) is 0 Å². The Morgan fingerprint density at radius 1 is 0.594 bits per heavy atom. The van der Waals surface area contributed by atoms with Crippen molar-refractivity contribution in [3.8, 4) is 11.5 Å². The standard InChI is InChI=1S/C26H32N2O4/c1-19-3-7-21(8-4-19)27-15-23(29)17-31-25-11-13-26(14-12-25)32-18-24(30)16-28-22-9-5-20(2)6-10-22/h3-14,23-24,27-30H,15-18H2,1-2H3. The van der Waals surface area contributed by atoms with Crippen LogP contribution in [0.4, 0.5) is 11.4 Å². The molecule has 3 aromatic rings. The van der Waals surface area contributed by atoms with Crippen molar-refractivity contribution in [3.63, 3.8) is 0 Å². The highest BCUT2D eigenvalue weighted by Gasteiger charge is 2.08. The minimum atomic E-state index is -0.636. The zero-order valence-electron chi connectivity index (χ0n) is 18.6. The van der Waals surface area contributed by atoms with Crippen molar-refractivity contribution in [3.05, 3.63) is 83.9 Å². The number of aryl methyl sites for hydroxylation is 2. The molecule has 0 bridgehead atoms. The van der Waals surface area contributed by atoms with Crippen LogP contribution in [0.3, 0.4) is 0 Å². The highest BCUT2D eigenvalue weighted by molar-refractivity contribution is 5.45. The molecule has 2 atom stereocenters. The monoisotopic (exact) mass is 436 g/mol. The van der Waals surface area contributed by atoms with Gasteiger partial charge in [0.1, 0.15) is 36.9 Å². The Morgan fingerprint density at radius 2 is 0.938 bits per heavy atom. The van der Waals surface area contributed by atoms with Gasteiger partial charge in [-0.15, -0.1) is 0 Å². The van der Waals surface area contributed by atoms with Gasteiger partial charge in [0.15, 0.2) is 0 Å². The van der Waals surface area contributed by atoms with E-state index in [2.05, 4.69) is 10.6 Å². The van der Waals surface area contributed by atoms with Crippen LogP contribution < -0.4 is 20.1 Å². The second kappa shape index (κ2) is 12.0. The first kappa shape index (κ1) is 23.4. The first-order valence-corrected chi connectivity index (χ1v) is 10.8. The van der Waals surface area contributed by atoms with Crippen molar-refractivity contribution in [1.29, 1.82) is 0 Å². The molecule has 0 saturated carbocycles. The van der Waals surface area contributed by atoms with Crippen molar-refractivity contribution < 1.29 is 19.7 Å². The van der Waals surface area contributed by atoms with Crippen LogP contribution in [0.25, 0.3) is 0 Å². The van der Waals surface area contributed by atoms with Gasteiger partial charge in [-0.3, -0.25) is 0 Å². The molecule has 0 aliphatic rings. The van der Waals surface area contributed by atoms with Crippen molar-refractivity contribution >= 4 is 11.4 Å². The minimum absolute atomic E-state index is 0.183. The third-order valence-electron chi connectivity index (χ3n) is 4.90. The number of ether oxygens (including phenoxy) is 2. The Balaban J connectivity index is 1.33. The van der Waals surface area contributed by atoms with Crippen LogP contribution >= 0.6 is 0 Å². The van der Waals surface area contributed by atoms with Gasteiger partial charge in [0, 0.05) is 24.5 Å². The van der Waals surface area contributed by atoms with E-state index in [1.807, 2.05) is 62.4 Å². The zero-order valence-corrected chi connectivity index (χ0v) is 18.6. The summed E-state index contributed by atoms with van der Waals surface area (Å²) in [6, 6.07) is 23.2. The van der Waals surface area contributed by atoms with Gasteiger partial charge in [-0.05, 0) is 62.4 Å². The molecule has 0 saturated heterocycles. The smallest absolute Gasteiger partial charge is 0.119 e. The molecule has 170 valence electrons. The number of aliphatic hydroxyl groups is 2. The number of hydrogen-bond donors (Lipinski definition) is 4. The summed E-state index contributed by atoms with van der Waals surface area (Å²) in [4.78, 5) is 0. The molecule has 32 heavy (non-hydrogen) atoms. The quantitative estimate of drug-likeness (QED) is 0.343. The average Bonchev–Trinajstić information content (AvgIpc) is 2.81. The van der Waals surface area contributed by atoms with Gasteiger partial charge in [-0.2, -0.15) is 0 Å².